The second kappa shape index (κ2) is 7.56. The Morgan fingerprint density at radius 2 is 1.34 bits per heavy atom. The molecule has 4 rings (SSSR count). The summed E-state index contributed by atoms with van der Waals surface area (Å²) in [6.07, 6.45) is 1.67. The smallest absolute Gasteiger partial charge is 0.261 e. The van der Waals surface area contributed by atoms with Gasteiger partial charge in [-0.15, -0.1) is 0 Å². The van der Waals surface area contributed by atoms with E-state index < -0.39 is 24.3 Å². The molecule has 29 heavy (non-hydrogen) atoms. The second-order valence-corrected chi connectivity index (χ2v) is 6.66. The zero-order valence-electron chi connectivity index (χ0n) is 15.4. The summed E-state index contributed by atoms with van der Waals surface area (Å²) in [6, 6.07) is 24.2. The Morgan fingerprint density at radius 3 is 2.00 bits per heavy atom. The van der Waals surface area contributed by atoms with Gasteiger partial charge >= 0.3 is 0 Å². The molecule has 0 N–H and O–H groups in total. The largest absolute Gasteiger partial charge is 0.548 e. The predicted octanol–water partition coefficient (Wildman–Crippen LogP) is 2.63. The number of nitrogens with zero attached hydrogens (tertiary/aromatic N) is 1. The van der Waals surface area contributed by atoms with Crippen LogP contribution in [0.25, 0.3) is 22.8 Å². The molecule has 0 radical (unpaired) electrons. The number of hydrogen-bond donors (Lipinski definition) is 0. The highest BCUT2D eigenvalue weighted by Gasteiger charge is 2.34. The summed E-state index contributed by atoms with van der Waals surface area (Å²) in [6.45, 7) is -0.781. The Kier molecular flexibility index (Phi) is 4.79. The van der Waals surface area contributed by atoms with E-state index >= 15 is 0 Å². The van der Waals surface area contributed by atoms with Crippen LogP contribution in [0.4, 0.5) is 0 Å². The van der Waals surface area contributed by atoms with Crippen LogP contribution in [0.1, 0.15) is 21.5 Å². The lowest BCUT2D eigenvalue weighted by Gasteiger charge is -2.28. The Labute approximate surface area is 167 Å². The number of carboxylic acids is 1. The molecule has 0 aromatic heterocycles. The molecule has 1 aliphatic heterocycles. The first-order valence-corrected chi connectivity index (χ1v) is 9.07. The number of fused-ring (bicyclic) bond motifs is 1. The van der Waals surface area contributed by atoms with Crippen molar-refractivity contribution in [2.45, 2.75) is 0 Å². The van der Waals surface area contributed by atoms with Crippen LogP contribution >= 0.6 is 0 Å². The molecule has 1 heterocycles. The van der Waals surface area contributed by atoms with Crippen LogP contribution in [0.2, 0.25) is 0 Å². The molecule has 0 fully saturated rings. The van der Waals surface area contributed by atoms with Gasteiger partial charge in [-0.1, -0.05) is 72.8 Å². The van der Waals surface area contributed by atoms with Gasteiger partial charge in [-0.3, -0.25) is 14.5 Å². The first kappa shape index (κ1) is 18.4. The summed E-state index contributed by atoms with van der Waals surface area (Å²) in [5.41, 5.74) is 3.94. The van der Waals surface area contributed by atoms with E-state index in [0.29, 0.717) is 16.0 Å². The fraction of sp³-hybridized carbons (Fsp3) is 0.0417. The van der Waals surface area contributed by atoms with Gasteiger partial charge in [-0.25, -0.2) is 0 Å². The zero-order valence-corrected chi connectivity index (χ0v) is 15.4. The lowest BCUT2D eigenvalue weighted by molar-refractivity contribution is -0.305. The normalized spacial score (nSPS) is 14.8. The van der Waals surface area contributed by atoms with Crippen LogP contribution in [0.3, 0.4) is 0 Å². The number of imide groups is 1. The molecule has 0 unspecified atom stereocenters. The number of carboxylic acid groups (broad SMARTS) is 1. The molecule has 2 amide bonds. The van der Waals surface area contributed by atoms with Crippen molar-refractivity contribution in [1.82, 2.24) is 4.90 Å². The first-order valence-electron chi connectivity index (χ1n) is 9.07. The third kappa shape index (κ3) is 3.58. The Bertz CT molecular complexity index is 1130. The Balaban J connectivity index is 1.75. The van der Waals surface area contributed by atoms with Gasteiger partial charge in [0, 0.05) is 11.1 Å². The Hall–Kier alpha value is -3.99. The van der Waals surface area contributed by atoms with E-state index in [4.69, 9.17) is 0 Å². The van der Waals surface area contributed by atoms with E-state index in [1.54, 1.807) is 30.3 Å². The highest BCUT2D eigenvalue weighted by atomic mass is 16.4. The van der Waals surface area contributed by atoms with Crippen molar-refractivity contribution in [3.63, 3.8) is 0 Å². The van der Waals surface area contributed by atoms with E-state index in [2.05, 4.69) is 0 Å². The van der Waals surface area contributed by atoms with E-state index in [1.807, 2.05) is 54.6 Å². The van der Waals surface area contributed by atoms with Crippen molar-refractivity contribution in [2.75, 3.05) is 6.54 Å². The number of carbonyl (C=O) groups excluding carboxylic acids is 3. The molecule has 0 atom stereocenters. The van der Waals surface area contributed by atoms with Gasteiger partial charge in [0.15, 0.2) is 0 Å². The summed E-state index contributed by atoms with van der Waals surface area (Å²) < 4.78 is 0. The SMILES string of the molecule is O=C([O-])CN1C(=O)/C(=C\c2ccc(-c3ccccc3)cc2)c2ccccc2C1=O. The van der Waals surface area contributed by atoms with Crippen molar-refractivity contribution in [2.24, 2.45) is 0 Å². The lowest BCUT2D eigenvalue weighted by Crippen LogP contribution is -2.47. The number of benzene rings is 3. The molecule has 0 saturated carbocycles. The molecule has 0 aliphatic carbocycles. The third-order valence-electron chi connectivity index (χ3n) is 4.78. The molecule has 0 saturated heterocycles. The first-order chi connectivity index (χ1) is 14.0. The van der Waals surface area contributed by atoms with Crippen molar-refractivity contribution < 1.29 is 19.5 Å². The lowest BCUT2D eigenvalue weighted by atomic mass is 9.92. The third-order valence-corrected chi connectivity index (χ3v) is 4.78. The minimum Gasteiger partial charge on any atom is -0.548 e. The van der Waals surface area contributed by atoms with Crippen molar-refractivity contribution in [1.29, 1.82) is 0 Å². The molecule has 5 nitrogen and oxygen atoms in total. The molecule has 0 spiro atoms. The standard InChI is InChI=1S/C24H17NO4/c26-22(27)15-25-23(28)20-9-5-4-8-19(20)21(24(25)29)14-16-10-12-18(13-11-16)17-6-2-1-3-7-17/h1-14H,15H2,(H,26,27)/p-1/b21-14-. The maximum Gasteiger partial charge on any atom is 0.261 e. The highest BCUT2D eigenvalue weighted by Crippen LogP contribution is 2.30. The van der Waals surface area contributed by atoms with Crippen LogP contribution < -0.4 is 5.11 Å². The fourth-order valence-corrected chi connectivity index (χ4v) is 3.38. The predicted molar refractivity (Wildman–Crippen MR) is 107 cm³/mol. The number of hydrogen-bond acceptors (Lipinski definition) is 4. The van der Waals surface area contributed by atoms with E-state index in [0.717, 1.165) is 16.7 Å². The topological polar surface area (TPSA) is 77.5 Å². The molecule has 3 aromatic carbocycles. The van der Waals surface area contributed by atoms with E-state index in [9.17, 15) is 19.5 Å². The maximum atomic E-state index is 12.9. The fourth-order valence-electron chi connectivity index (χ4n) is 3.38. The van der Waals surface area contributed by atoms with Crippen LogP contribution in [0.15, 0.2) is 78.9 Å². The summed E-state index contributed by atoms with van der Waals surface area (Å²) in [7, 11) is 0. The number of aliphatic carboxylic acids is 1. The van der Waals surface area contributed by atoms with Crippen LogP contribution in [-0.4, -0.2) is 29.2 Å². The highest BCUT2D eigenvalue weighted by molar-refractivity contribution is 6.34. The summed E-state index contributed by atoms with van der Waals surface area (Å²) in [5, 5.41) is 11.0. The molecular formula is C24H16NO4-. The molecular weight excluding hydrogens is 366 g/mol. The van der Waals surface area contributed by atoms with Gasteiger partial charge in [0.2, 0.25) is 0 Å². The molecule has 3 aromatic rings. The van der Waals surface area contributed by atoms with E-state index in [-0.39, 0.29) is 5.57 Å². The van der Waals surface area contributed by atoms with Crippen molar-refractivity contribution in [3.8, 4) is 11.1 Å². The van der Waals surface area contributed by atoms with Gasteiger partial charge in [0.05, 0.1) is 12.5 Å². The van der Waals surface area contributed by atoms with Crippen molar-refractivity contribution in [3.05, 3.63) is 95.6 Å². The van der Waals surface area contributed by atoms with Crippen LogP contribution in [0.5, 0.6) is 0 Å². The minimum atomic E-state index is -1.49. The summed E-state index contributed by atoms with van der Waals surface area (Å²) in [5.74, 6) is -2.77. The quantitative estimate of drug-likeness (QED) is 0.513. The monoisotopic (exact) mass is 382 g/mol. The zero-order chi connectivity index (χ0) is 20.4. The Morgan fingerprint density at radius 1 is 0.759 bits per heavy atom. The summed E-state index contributed by atoms with van der Waals surface area (Å²) >= 11 is 0. The molecule has 1 aliphatic rings. The molecule has 0 bridgehead atoms. The number of carbonyl (C=O) groups is 3. The van der Waals surface area contributed by atoms with E-state index in [1.165, 1.54) is 0 Å². The maximum absolute atomic E-state index is 12.9. The molecule has 5 heteroatoms. The van der Waals surface area contributed by atoms with Crippen LogP contribution in [0, 0.1) is 0 Å². The minimum absolute atomic E-state index is 0.272. The van der Waals surface area contributed by atoms with Gasteiger partial charge in [-0.05, 0) is 34.4 Å². The second-order valence-electron chi connectivity index (χ2n) is 6.66. The van der Waals surface area contributed by atoms with Gasteiger partial charge in [0.1, 0.15) is 0 Å². The number of amides is 2. The number of rotatable bonds is 4. The van der Waals surface area contributed by atoms with Gasteiger partial charge in [0.25, 0.3) is 11.8 Å². The van der Waals surface area contributed by atoms with Gasteiger partial charge in [-0.2, -0.15) is 0 Å². The summed E-state index contributed by atoms with van der Waals surface area (Å²) in [4.78, 5) is 37.2. The molecule has 142 valence electrons. The van der Waals surface area contributed by atoms with Crippen LogP contribution in [-0.2, 0) is 9.59 Å². The van der Waals surface area contributed by atoms with Gasteiger partial charge < -0.3 is 9.90 Å². The average Bonchev–Trinajstić information content (AvgIpc) is 2.75. The average molecular weight is 382 g/mol. The van der Waals surface area contributed by atoms with Crippen molar-refractivity contribution >= 4 is 29.4 Å².